The van der Waals surface area contributed by atoms with E-state index < -0.39 is 0 Å². The number of fused-ring (bicyclic) bond motifs is 2. The molecule has 0 unspecified atom stereocenters. The fourth-order valence-electron chi connectivity index (χ4n) is 2.49. The highest BCUT2D eigenvalue weighted by molar-refractivity contribution is 7.18. The van der Waals surface area contributed by atoms with Crippen LogP contribution in [0.25, 0.3) is 16.3 Å². The van der Waals surface area contributed by atoms with Gasteiger partial charge in [-0.3, -0.25) is 4.79 Å². The minimum atomic E-state index is -0.187. The molecule has 2 aromatic carbocycles. The molecular formula is C18H14N2O3S. The van der Waals surface area contributed by atoms with Gasteiger partial charge in [-0.05, 0) is 48.9 Å². The van der Waals surface area contributed by atoms with Crippen molar-refractivity contribution >= 4 is 39.2 Å². The van der Waals surface area contributed by atoms with Gasteiger partial charge in [-0.15, -0.1) is 11.3 Å². The number of anilines is 1. The fraction of sp³-hybridized carbons (Fsp3) is 0.111. The third-order valence-corrected chi connectivity index (χ3v) is 4.52. The molecule has 0 aliphatic carbocycles. The van der Waals surface area contributed by atoms with Crippen molar-refractivity contribution < 1.29 is 14.3 Å². The maximum Gasteiger partial charge on any atom is 0.248 e. The molecule has 0 fully saturated rings. The number of hydrogen-bond donors (Lipinski definition) is 1. The zero-order valence-electron chi connectivity index (χ0n) is 12.9. The summed E-state index contributed by atoms with van der Waals surface area (Å²) in [6, 6.07) is 11.3. The van der Waals surface area contributed by atoms with Crippen LogP contribution in [0.3, 0.4) is 0 Å². The molecular weight excluding hydrogens is 324 g/mol. The Bertz CT molecular complexity index is 962. The maximum atomic E-state index is 12.1. The summed E-state index contributed by atoms with van der Waals surface area (Å²) in [4.78, 5) is 16.5. The predicted molar refractivity (Wildman–Crippen MR) is 94.6 cm³/mol. The standard InChI is InChI=1S/C18H14N2O3S/c1-11-19-14-5-4-13(9-17(14)24-11)20-18(21)7-3-12-2-6-15-16(8-12)23-10-22-15/h2-9H,10H2,1H3,(H,20,21)/b7-3+. The van der Waals surface area contributed by atoms with E-state index in [1.165, 1.54) is 6.08 Å². The van der Waals surface area contributed by atoms with Crippen molar-refractivity contribution in [3.8, 4) is 11.5 Å². The third-order valence-electron chi connectivity index (χ3n) is 3.59. The molecule has 4 rings (SSSR count). The summed E-state index contributed by atoms with van der Waals surface area (Å²) in [6.45, 7) is 2.21. The van der Waals surface area contributed by atoms with Gasteiger partial charge in [-0.2, -0.15) is 0 Å². The summed E-state index contributed by atoms with van der Waals surface area (Å²) in [5, 5.41) is 3.87. The fourth-order valence-corrected chi connectivity index (χ4v) is 3.36. The smallest absolute Gasteiger partial charge is 0.248 e. The first kappa shape index (κ1) is 14.7. The second-order valence-electron chi connectivity index (χ2n) is 5.35. The molecule has 1 aromatic heterocycles. The Kier molecular flexibility index (Phi) is 3.66. The van der Waals surface area contributed by atoms with Crippen LogP contribution in [0.4, 0.5) is 5.69 Å². The van der Waals surface area contributed by atoms with Crippen LogP contribution in [0.1, 0.15) is 10.6 Å². The van der Waals surface area contributed by atoms with Gasteiger partial charge in [0.2, 0.25) is 12.7 Å². The largest absolute Gasteiger partial charge is 0.454 e. The first-order valence-electron chi connectivity index (χ1n) is 7.43. The highest BCUT2D eigenvalue weighted by atomic mass is 32.1. The summed E-state index contributed by atoms with van der Waals surface area (Å²) in [5.41, 5.74) is 2.58. The van der Waals surface area contributed by atoms with Gasteiger partial charge in [0.15, 0.2) is 11.5 Å². The van der Waals surface area contributed by atoms with Gasteiger partial charge in [0, 0.05) is 11.8 Å². The molecule has 6 heteroatoms. The Morgan fingerprint density at radius 3 is 3.00 bits per heavy atom. The zero-order chi connectivity index (χ0) is 16.5. The minimum Gasteiger partial charge on any atom is -0.454 e. The molecule has 1 N–H and O–H groups in total. The molecule has 0 radical (unpaired) electrons. The van der Waals surface area contributed by atoms with Crippen molar-refractivity contribution in [1.29, 1.82) is 0 Å². The first-order chi connectivity index (χ1) is 11.7. The number of nitrogens with zero attached hydrogens (tertiary/aromatic N) is 1. The van der Waals surface area contributed by atoms with Gasteiger partial charge in [-0.1, -0.05) is 6.07 Å². The number of thiazole rings is 1. The average molecular weight is 338 g/mol. The molecule has 24 heavy (non-hydrogen) atoms. The number of aromatic nitrogens is 1. The van der Waals surface area contributed by atoms with Gasteiger partial charge in [0.05, 0.1) is 15.2 Å². The first-order valence-corrected chi connectivity index (χ1v) is 8.25. The quantitative estimate of drug-likeness (QED) is 0.734. The van der Waals surface area contributed by atoms with E-state index in [9.17, 15) is 4.79 Å². The summed E-state index contributed by atoms with van der Waals surface area (Å²) in [6.07, 6.45) is 3.24. The summed E-state index contributed by atoms with van der Waals surface area (Å²) in [5.74, 6) is 1.24. The van der Waals surface area contributed by atoms with Crippen LogP contribution in [0.5, 0.6) is 11.5 Å². The predicted octanol–water partition coefficient (Wildman–Crippen LogP) is 3.99. The summed E-state index contributed by atoms with van der Waals surface area (Å²) < 4.78 is 11.6. The lowest BCUT2D eigenvalue weighted by Gasteiger charge is -2.02. The zero-order valence-corrected chi connectivity index (χ0v) is 13.7. The van der Waals surface area contributed by atoms with E-state index in [0.717, 1.165) is 32.2 Å². The van der Waals surface area contributed by atoms with Crippen molar-refractivity contribution in [2.45, 2.75) is 6.92 Å². The van der Waals surface area contributed by atoms with Gasteiger partial charge in [0.1, 0.15) is 0 Å². The molecule has 1 aliphatic heterocycles. The second-order valence-corrected chi connectivity index (χ2v) is 6.59. The normalized spacial score (nSPS) is 12.9. The molecule has 2 heterocycles. The summed E-state index contributed by atoms with van der Waals surface area (Å²) in [7, 11) is 0. The molecule has 3 aromatic rings. The van der Waals surface area contributed by atoms with Crippen LogP contribution in [0.15, 0.2) is 42.5 Å². The van der Waals surface area contributed by atoms with E-state index in [2.05, 4.69) is 10.3 Å². The van der Waals surface area contributed by atoms with Crippen LogP contribution in [-0.4, -0.2) is 17.7 Å². The van der Waals surface area contributed by atoms with Gasteiger partial charge in [0.25, 0.3) is 0 Å². The molecule has 0 spiro atoms. The van der Waals surface area contributed by atoms with Crippen LogP contribution >= 0.6 is 11.3 Å². The van der Waals surface area contributed by atoms with E-state index >= 15 is 0 Å². The second kappa shape index (κ2) is 5.98. The third kappa shape index (κ3) is 2.96. The van der Waals surface area contributed by atoms with E-state index in [-0.39, 0.29) is 12.7 Å². The van der Waals surface area contributed by atoms with Gasteiger partial charge >= 0.3 is 0 Å². The maximum absolute atomic E-state index is 12.1. The monoisotopic (exact) mass is 338 g/mol. The van der Waals surface area contributed by atoms with E-state index in [1.54, 1.807) is 17.4 Å². The van der Waals surface area contributed by atoms with Crippen LogP contribution < -0.4 is 14.8 Å². The highest BCUT2D eigenvalue weighted by Gasteiger charge is 2.12. The minimum absolute atomic E-state index is 0.187. The summed E-state index contributed by atoms with van der Waals surface area (Å²) >= 11 is 1.61. The number of amides is 1. The Labute approximate surface area is 142 Å². The number of ether oxygens (including phenoxy) is 2. The lowest BCUT2D eigenvalue weighted by atomic mass is 10.2. The lowest BCUT2D eigenvalue weighted by Crippen LogP contribution is -2.07. The van der Waals surface area contributed by atoms with Crippen molar-refractivity contribution in [2.75, 3.05) is 12.1 Å². The molecule has 5 nitrogen and oxygen atoms in total. The van der Waals surface area contributed by atoms with Crippen molar-refractivity contribution in [2.24, 2.45) is 0 Å². The number of benzene rings is 2. The number of hydrogen-bond acceptors (Lipinski definition) is 5. The van der Waals surface area contributed by atoms with Gasteiger partial charge in [-0.25, -0.2) is 4.98 Å². The van der Waals surface area contributed by atoms with Crippen molar-refractivity contribution in [3.05, 3.63) is 53.0 Å². The number of carbonyl (C=O) groups is 1. The molecule has 0 saturated heterocycles. The topological polar surface area (TPSA) is 60.5 Å². The molecule has 1 amide bonds. The van der Waals surface area contributed by atoms with Crippen LogP contribution in [0, 0.1) is 6.92 Å². The molecule has 0 atom stereocenters. The average Bonchev–Trinajstić information content (AvgIpc) is 3.17. The lowest BCUT2D eigenvalue weighted by molar-refractivity contribution is -0.111. The van der Waals surface area contributed by atoms with E-state index in [1.807, 2.05) is 43.3 Å². The molecule has 0 saturated carbocycles. The Hall–Kier alpha value is -2.86. The number of nitrogens with one attached hydrogen (secondary N) is 1. The van der Waals surface area contributed by atoms with Gasteiger partial charge < -0.3 is 14.8 Å². The number of rotatable bonds is 3. The van der Waals surface area contributed by atoms with E-state index in [0.29, 0.717) is 5.75 Å². The number of aryl methyl sites for hydroxylation is 1. The van der Waals surface area contributed by atoms with E-state index in [4.69, 9.17) is 9.47 Å². The molecule has 120 valence electrons. The number of carbonyl (C=O) groups excluding carboxylic acids is 1. The Morgan fingerprint density at radius 2 is 2.08 bits per heavy atom. The Balaban J connectivity index is 1.47. The van der Waals surface area contributed by atoms with Crippen molar-refractivity contribution in [1.82, 2.24) is 4.98 Å². The highest BCUT2D eigenvalue weighted by Crippen LogP contribution is 2.32. The van der Waals surface area contributed by atoms with Crippen LogP contribution in [-0.2, 0) is 4.79 Å². The SMILES string of the molecule is Cc1nc2ccc(NC(=O)/C=C/c3ccc4c(c3)OCO4)cc2s1. The molecule has 0 bridgehead atoms. The Morgan fingerprint density at radius 1 is 1.21 bits per heavy atom. The van der Waals surface area contributed by atoms with Crippen LogP contribution in [0.2, 0.25) is 0 Å². The van der Waals surface area contributed by atoms with Crippen molar-refractivity contribution in [3.63, 3.8) is 0 Å². The molecule has 1 aliphatic rings.